The van der Waals surface area contributed by atoms with E-state index in [1.807, 2.05) is 52.4 Å². The Morgan fingerprint density at radius 2 is 2.24 bits per heavy atom. The Kier molecular flexibility index (Phi) is 5.46. The van der Waals surface area contributed by atoms with Gasteiger partial charge in [-0.2, -0.15) is 16.4 Å². The number of hydrogen-bond donors (Lipinski definition) is 0. The van der Waals surface area contributed by atoms with Crippen LogP contribution in [0.3, 0.4) is 0 Å². The first-order chi connectivity index (χ1) is 15.9. The van der Waals surface area contributed by atoms with E-state index in [0.29, 0.717) is 43.5 Å². The van der Waals surface area contributed by atoms with Crippen LogP contribution in [0.4, 0.5) is 0 Å². The van der Waals surface area contributed by atoms with Crippen molar-refractivity contribution in [1.82, 2.24) is 14.7 Å². The van der Waals surface area contributed by atoms with Gasteiger partial charge >= 0.3 is 0 Å². The summed E-state index contributed by atoms with van der Waals surface area (Å²) in [5.41, 5.74) is 4.29. The Bertz CT molecular complexity index is 1220. The number of carbonyl (C=O) groups excluding carboxylic acids is 1. The standard InChI is InChI=1S/C24H26N4O4S/c1-24(2)14-31-7-6-27(24)23(29)21-18-12-32-20-10-19(30-4)15(11-25-3)9-17(20)22(18)28(26-21)16-5-8-33-13-16/h5,8-10,13H,3,6-7,11-12,14H2,1-2,4H3. The Morgan fingerprint density at radius 3 is 2.94 bits per heavy atom. The molecule has 2 aliphatic heterocycles. The molecule has 0 N–H and O–H groups in total. The topological polar surface area (TPSA) is 78.2 Å². The number of thiophene rings is 1. The van der Waals surface area contributed by atoms with Crippen LogP contribution in [0.15, 0.2) is 34.0 Å². The Labute approximate surface area is 196 Å². The predicted molar refractivity (Wildman–Crippen MR) is 127 cm³/mol. The molecule has 0 bridgehead atoms. The number of aliphatic imine (C=N–C) groups is 1. The number of rotatable bonds is 5. The summed E-state index contributed by atoms with van der Waals surface area (Å²) in [4.78, 5) is 19.6. The molecule has 172 valence electrons. The van der Waals surface area contributed by atoms with Gasteiger partial charge in [-0.25, -0.2) is 4.68 Å². The number of nitrogens with zero attached hydrogens (tertiary/aromatic N) is 4. The number of ether oxygens (including phenoxy) is 3. The van der Waals surface area contributed by atoms with Crippen LogP contribution in [0.1, 0.15) is 35.5 Å². The highest BCUT2D eigenvalue weighted by molar-refractivity contribution is 7.08. The second kappa shape index (κ2) is 8.31. The average molecular weight is 467 g/mol. The van der Waals surface area contributed by atoms with Gasteiger partial charge in [-0.05, 0) is 38.1 Å². The maximum Gasteiger partial charge on any atom is 0.275 e. The number of fused-ring (bicyclic) bond motifs is 3. The molecule has 1 aromatic carbocycles. The molecule has 8 nitrogen and oxygen atoms in total. The molecular weight excluding hydrogens is 440 g/mol. The van der Waals surface area contributed by atoms with Crippen LogP contribution in [0.25, 0.3) is 16.9 Å². The van der Waals surface area contributed by atoms with E-state index in [0.717, 1.165) is 28.1 Å². The molecule has 0 aliphatic carbocycles. The third-order valence-electron chi connectivity index (χ3n) is 6.12. The normalized spacial score (nSPS) is 16.5. The van der Waals surface area contributed by atoms with Gasteiger partial charge in [-0.3, -0.25) is 9.79 Å². The number of morpholine rings is 1. The Hall–Kier alpha value is -3.17. The van der Waals surface area contributed by atoms with Crippen LogP contribution in [-0.2, 0) is 17.9 Å². The van der Waals surface area contributed by atoms with E-state index in [1.165, 1.54) is 0 Å². The lowest BCUT2D eigenvalue weighted by Crippen LogP contribution is -2.55. The SMILES string of the molecule is C=NCc1cc2c(cc1OC)OCc1c(C(=O)N3CCOCC3(C)C)nn(-c3ccsc3)c1-2. The van der Waals surface area contributed by atoms with Crippen molar-refractivity contribution < 1.29 is 19.0 Å². The summed E-state index contributed by atoms with van der Waals surface area (Å²) in [6, 6.07) is 5.87. The average Bonchev–Trinajstić information content (AvgIpc) is 3.46. The van der Waals surface area contributed by atoms with Crippen LogP contribution < -0.4 is 9.47 Å². The van der Waals surface area contributed by atoms with Crippen LogP contribution in [0.2, 0.25) is 0 Å². The molecule has 4 heterocycles. The zero-order chi connectivity index (χ0) is 23.2. The molecule has 5 rings (SSSR count). The van der Waals surface area contributed by atoms with Gasteiger partial charge in [-0.1, -0.05) is 0 Å². The van der Waals surface area contributed by atoms with E-state index in [2.05, 4.69) is 11.7 Å². The van der Waals surface area contributed by atoms with Gasteiger partial charge in [0.15, 0.2) is 5.69 Å². The van der Waals surface area contributed by atoms with Crippen molar-refractivity contribution >= 4 is 24.0 Å². The minimum Gasteiger partial charge on any atom is -0.496 e. The number of amides is 1. The Morgan fingerprint density at radius 1 is 1.39 bits per heavy atom. The third kappa shape index (κ3) is 3.61. The summed E-state index contributed by atoms with van der Waals surface area (Å²) in [6.07, 6.45) is 0. The first-order valence-corrected chi connectivity index (χ1v) is 11.7. The summed E-state index contributed by atoms with van der Waals surface area (Å²) < 4.78 is 19.1. The molecule has 2 aromatic heterocycles. The second-order valence-electron chi connectivity index (χ2n) is 8.72. The molecule has 0 saturated carbocycles. The van der Waals surface area contributed by atoms with Gasteiger partial charge in [-0.15, -0.1) is 0 Å². The molecule has 1 fully saturated rings. The van der Waals surface area contributed by atoms with Gasteiger partial charge in [0, 0.05) is 34.7 Å². The van der Waals surface area contributed by atoms with E-state index in [1.54, 1.807) is 18.4 Å². The van der Waals surface area contributed by atoms with Crippen LogP contribution in [-0.4, -0.2) is 59.7 Å². The maximum atomic E-state index is 13.8. The third-order valence-corrected chi connectivity index (χ3v) is 6.79. The zero-order valence-electron chi connectivity index (χ0n) is 19.0. The summed E-state index contributed by atoms with van der Waals surface area (Å²) in [6.45, 7) is 9.84. The highest BCUT2D eigenvalue weighted by Gasteiger charge is 2.39. The molecule has 1 saturated heterocycles. The molecular formula is C24H26N4O4S. The number of aromatic nitrogens is 2. The number of hydrogen-bond acceptors (Lipinski definition) is 7. The molecule has 3 aromatic rings. The van der Waals surface area contributed by atoms with Gasteiger partial charge in [0.25, 0.3) is 5.91 Å². The smallest absolute Gasteiger partial charge is 0.275 e. The summed E-state index contributed by atoms with van der Waals surface area (Å²) >= 11 is 1.58. The van der Waals surface area contributed by atoms with Gasteiger partial charge in [0.1, 0.15) is 18.1 Å². The molecule has 0 spiro atoms. The van der Waals surface area contributed by atoms with Crippen LogP contribution in [0.5, 0.6) is 11.5 Å². The van der Waals surface area contributed by atoms with E-state index in [4.69, 9.17) is 19.3 Å². The number of carbonyl (C=O) groups is 1. The molecule has 1 amide bonds. The highest BCUT2D eigenvalue weighted by Crippen LogP contribution is 2.44. The molecule has 0 radical (unpaired) electrons. The zero-order valence-corrected chi connectivity index (χ0v) is 19.8. The van der Waals surface area contributed by atoms with Gasteiger partial charge in [0.05, 0.1) is 43.8 Å². The molecule has 33 heavy (non-hydrogen) atoms. The molecule has 2 aliphatic rings. The Balaban J connectivity index is 1.70. The van der Waals surface area contributed by atoms with E-state index in [9.17, 15) is 4.79 Å². The largest absolute Gasteiger partial charge is 0.496 e. The first kappa shape index (κ1) is 21.7. The second-order valence-corrected chi connectivity index (χ2v) is 9.50. The quantitative estimate of drug-likeness (QED) is 0.532. The predicted octanol–water partition coefficient (Wildman–Crippen LogP) is 3.95. The fourth-order valence-electron chi connectivity index (χ4n) is 4.46. The van der Waals surface area contributed by atoms with E-state index in [-0.39, 0.29) is 12.5 Å². The lowest BCUT2D eigenvalue weighted by atomic mass is 9.97. The van der Waals surface area contributed by atoms with Crippen LogP contribution in [0, 0.1) is 0 Å². The van der Waals surface area contributed by atoms with E-state index >= 15 is 0 Å². The van der Waals surface area contributed by atoms with Crippen molar-refractivity contribution in [3.8, 4) is 28.4 Å². The van der Waals surface area contributed by atoms with Crippen molar-refractivity contribution in [2.75, 3.05) is 26.9 Å². The summed E-state index contributed by atoms with van der Waals surface area (Å²) in [5, 5.41) is 8.85. The lowest BCUT2D eigenvalue weighted by Gasteiger charge is -2.41. The summed E-state index contributed by atoms with van der Waals surface area (Å²) in [5.74, 6) is 1.27. The lowest BCUT2D eigenvalue weighted by molar-refractivity contribution is -0.0374. The number of methoxy groups -OCH3 is 1. The van der Waals surface area contributed by atoms with E-state index < -0.39 is 5.54 Å². The minimum absolute atomic E-state index is 0.109. The fourth-order valence-corrected chi connectivity index (χ4v) is 5.07. The van der Waals surface area contributed by atoms with Gasteiger partial charge < -0.3 is 19.1 Å². The molecule has 9 heteroatoms. The monoisotopic (exact) mass is 466 g/mol. The highest BCUT2D eigenvalue weighted by atomic mass is 32.1. The van der Waals surface area contributed by atoms with Crippen LogP contribution >= 0.6 is 11.3 Å². The van der Waals surface area contributed by atoms with Crippen molar-refractivity contribution in [2.45, 2.75) is 32.5 Å². The van der Waals surface area contributed by atoms with Crippen molar-refractivity contribution in [3.63, 3.8) is 0 Å². The maximum absolute atomic E-state index is 13.8. The summed E-state index contributed by atoms with van der Waals surface area (Å²) in [7, 11) is 1.62. The fraction of sp³-hybridized carbons (Fsp3) is 0.375. The minimum atomic E-state index is -0.419. The van der Waals surface area contributed by atoms with Gasteiger partial charge in [0.2, 0.25) is 0 Å². The van der Waals surface area contributed by atoms with Crippen molar-refractivity contribution in [3.05, 3.63) is 45.8 Å². The van der Waals surface area contributed by atoms with Crippen molar-refractivity contribution in [1.29, 1.82) is 0 Å². The molecule has 0 unspecified atom stereocenters. The van der Waals surface area contributed by atoms with Crippen molar-refractivity contribution in [2.24, 2.45) is 4.99 Å². The molecule has 0 atom stereocenters. The number of benzene rings is 1. The first-order valence-electron chi connectivity index (χ1n) is 10.8.